The Bertz CT molecular complexity index is 1060. The lowest BCUT2D eigenvalue weighted by atomic mass is 10.0. The summed E-state index contributed by atoms with van der Waals surface area (Å²) in [5, 5.41) is 23.5. The molecule has 3 N–H and O–H groups in total. The summed E-state index contributed by atoms with van der Waals surface area (Å²) in [4.78, 5) is 25.9. The zero-order valence-corrected chi connectivity index (χ0v) is 36.5. The Balaban J connectivity index is 4.67. The molecule has 0 aliphatic rings. The van der Waals surface area contributed by atoms with Crippen molar-refractivity contribution in [2.24, 2.45) is 0 Å². The summed E-state index contributed by atoms with van der Waals surface area (Å²) in [6.07, 6.45) is 54.2. The van der Waals surface area contributed by atoms with Crippen molar-refractivity contribution in [2.45, 2.75) is 225 Å². The zero-order chi connectivity index (χ0) is 41.0. The van der Waals surface area contributed by atoms with Gasteiger partial charge >= 0.3 is 5.97 Å². The third kappa shape index (κ3) is 38.2. The third-order valence-corrected chi connectivity index (χ3v) is 10.1. The molecule has 0 radical (unpaired) electrons. The van der Waals surface area contributed by atoms with Crippen LogP contribution in [0.5, 0.6) is 0 Å². The normalized spacial score (nSPS) is 14.0. The van der Waals surface area contributed by atoms with E-state index in [0.29, 0.717) is 19.3 Å². The molecule has 0 fully saturated rings. The molecule has 1 amide bonds. The van der Waals surface area contributed by atoms with Crippen LogP contribution in [0, 0.1) is 0 Å². The number of rotatable bonds is 40. The van der Waals surface area contributed by atoms with Gasteiger partial charge in [0.2, 0.25) is 5.91 Å². The zero-order valence-electron chi connectivity index (χ0n) is 36.5. The van der Waals surface area contributed by atoms with E-state index in [1.54, 1.807) is 0 Å². The molecule has 0 heterocycles. The molecule has 0 saturated carbocycles. The topological polar surface area (TPSA) is 95.9 Å². The Morgan fingerprint density at radius 3 is 1.50 bits per heavy atom. The van der Waals surface area contributed by atoms with Gasteiger partial charge in [0.1, 0.15) is 6.10 Å². The quantitative estimate of drug-likeness (QED) is 0.0249. The van der Waals surface area contributed by atoms with E-state index in [1.807, 2.05) is 54.7 Å². The first-order valence-corrected chi connectivity index (χ1v) is 23.2. The van der Waals surface area contributed by atoms with E-state index in [2.05, 4.69) is 44.3 Å². The van der Waals surface area contributed by atoms with Crippen LogP contribution >= 0.6 is 0 Å². The summed E-state index contributed by atoms with van der Waals surface area (Å²) in [5.41, 5.74) is 0. The number of esters is 1. The lowest BCUT2D eigenvalue weighted by Crippen LogP contribution is -2.46. The third-order valence-electron chi connectivity index (χ3n) is 10.1. The van der Waals surface area contributed by atoms with Crippen LogP contribution in [0.2, 0.25) is 0 Å². The molecule has 0 aromatic rings. The van der Waals surface area contributed by atoms with Crippen molar-refractivity contribution in [1.29, 1.82) is 0 Å². The van der Waals surface area contributed by atoms with E-state index in [-0.39, 0.29) is 24.9 Å². The molecule has 56 heavy (non-hydrogen) atoms. The van der Waals surface area contributed by atoms with Crippen LogP contribution in [0.15, 0.2) is 72.9 Å². The fourth-order valence-electron chi connectivity index (χ4n) is 6.62. The minimum atomic E-state index is -0.818. The summed E-state index contributed by atoms with van der Waals surface area (Å²) >= 11 is 0. The molecule has 0 aromatic heterocycles. The first-order valence-electron chi connectivity index (χ1n) is 23.2. The summed E-state index contributed by atoms with van der Waals surface area (Å²) in [6, 6.07) is -0.740. The Kier molecular flexibility index (Phi) is 41.3. The Hall–Kier alpha value is -2.70. The number of unbranched alkanes of at least 4 members (excludes halogenated alkanes) is 21. The van der Waals surface area contributed by atoms with Gasteiger partial charge in [0.25, 0.3) is 0 Å². The lowest BCUT2D eigenvalue weighted by Gasteiger charge is -2.24. The van der Waals surface area contributed by atoms with Crippen molar-refractivity contribution in [3.8, 4) is 0 Å². The van der Waals surface area contributed by atoms with Crippen LogP contribution < -0.4 is 5.32 Å². The minimum Gasteiger partial charge on any atom is -0.461 e. The predicted molar refractivity (Wildman–Crippen MR) is 241 cm³/mol. The van der Waals surface area contributed by atoms with Gasteiger partial charge in [-0.25, -0.2) is 0 Å². The number of carbonyl (C=O) groups is 2. The number of hydrogen-bond acceptors (Lipinski definition) is 5. The maximum absolute atomic E-state index is 13.1. The highest BCUT2D eigenvalue weighted by Gasteiger charge is 2.23. The van der Waals surface area contributed by atoms with E-state index >= 15 is 0 Å². The van der Waals surface area contributed by atoms with Crippen molar-refractivity contribution in [3.05, 3.63) is 72.9 Å². The molecule has 6 heteroatoms. The molecule has 0 aliphatic heterocycles. The second-order valence-corrected chi connectivity index (χ2v) is 15.6. The predicted octanol–water partition coefficient (Wildman–Crippen LogP) is 13.4. The van der Waals surface area contributed by atoms with Gasteiger partial charge in [-0.2, -0.15) is 0 Å². The number of ether oxygens (including phenoxy) is 1. The summed E-state index contributed by atoms with van der Waals surface area (Å²) in [5.74, 6) is -0.618. The Morgan fingerprint density at radius 2 is 1.00 bits per heavy atom. The average Bonchev–Trinajstić information content (AvgIpc) is 3.19. The van der Waals surface area contributed by atoms with Gasteiger partial charge in [0.15, 0.2) is 0 Å². The van der Waals surface area contributed by atoms with E-state index in [9.17, 15) is 19.8 Å². The van der Waals surface area contributed by atoms with Crippen LogP contribution in [-0.2, 0) is 14.3 Å². The summed E-state index contributed by atoms with van der Waals surface area (Å²) < 4.78 is 5.81. The molecule has 0 saturated heterocycles. The van der Waals surface area contributed by atoms with E-state index in [0.717, 1.165) is 44.9 Å². The number of hydrogen-bond donors (Lipinski definition) is 3. The molecular weight excluding hydrogens is 695 g/mol. The van der Waals surface area contributed by atoms with E-state index < -0.39 is 18.2 Å². The molecular formula is C50H87NO5. The summed E-state index contributed by atoms with van der Waals surface area (Å²) in [6.45, 7) is 6.26. The number of aliphatic hydroxyl groups excluding tert-OH is 2. The molecule has 0 aliphatic carbocycles. The maximum Gasteiger partial charge on any atom is 0.306 e. The van der Waals surface area contributed by atoms with Gasteiger partial charge in [-0.3, -0.25) is 9.59 Å². The van der Waals surface area contributed by atoms with Gasteiger partial charge in [0.05, 0.1) is 25.2 Å². The molecule has 0 bridgehead atoms. The second-order valence-electron chi connectivity index (χ2n) is 15.6. The van der Waals surface area contributed by atoms with Crippen LogP contribution in [0.4, 0.5) is 0 Å². The van der Waals surface area contributed by atoms with Crippen molar-refractivity contribution in [1.82, 2.24) is 5.32 Å². The minimum absolute atomic E-state index is 0.0226. The van der Waals surface area contributed by atoms with Gasteiger partial charge in [0, 0.05) is 12.8 Å². The van der Waals surface area contributed by atoms with Gasteiger partial charge < -0.3 is 20.3 Å². The largest absolute Gasteiger partial charge is 0.461 e. The fraction of sp³-hybridized carbons (Fsp3) is 0.720. The fourth-order valence-corrected chi connectivity index (χ4v) is 6.62. The molecule has 0 aromatic carbocycles. The van der Waals surface area contributed by atoms with Crippen LogP contribution in [0.1, 0.15) is 207 Å². The van der Waals surface area contributed by atoms with Crippen molar-refractivity contribution in [2.75, 3.05) is 6.61 Å². The molecule has 322 valence electrons. The lowest BCUT2D eigenvalue weighted by molar-refractivity contribution is -0.150. The van der Waals surface area contributed by atoms with Gasteiger partial charge in [-0.1, -0.05) is 216 Å². The average molecular weight is 782 g/mol. The second kappa shape index (κ2) is 43.4. The van der Waals surface area contributed by atoms with Gasteiger partial charge in [-0.05, 0) is 44.9 Å². The van der Waals surface area contributed by atoms with Crippen LogP contribution in [0.25, 0.3) is 0 Å². The van der Waals surface area contributed by atoms with E-state index in [1.165, 1.54) is 116 Å². The SMILES string of the molecule is CC/C=C/C=C/C=C\C=C/C=C/CC(CC(=O)NC(CO)C(O)CCCCCCCCCCC)OC(=O)CCCCCCCCC/C=C/CCCCCCCC. The number of allylic oxidation sites excluding steroid dienone is 11. The van der Waals surface area contributed by atoms with Crippen LogP contribution in [0.3, 0.4) is 0 Å². The first-order chi connectivity index (χ1) is 27.5. The van der Waals surface area contributed by atoms with E-state index in [4.69, 9.17) is 4.74 Å². The number of amides is 1. The monoisotopic (exact) mass is 782 g/mol. The molecule has 6 nitrogen and oxygen atoms in total. The Morgan fingerprint density at radius 1 is 0.554 bits per heavy atom. The molecule has 0 rings (SSSR count). The maximum atomic E-state index is 13.1. The number of carbonyl (C=O) groups excluding carboxylic acids is 2. The van der Waals surface area contributed by atoms with Crippen molar-refractivity contribution < 1.29 is 24.5 Å². The molecule has 0 spiro atoms. The van der Waals surface area contributed by atoms with Crippen molar-refractivity contribution in [3.63, 3.8) is 0 Å². The van der Waals surface area contributed by atoms with Crippen LogP contribution in [-0.4, -0.2) is 46.9 Å². The first kappa shape index (κ1) is 53.3. The highest BCUT2D eigenvalue weighted by Crippen LogP contribution is 2.15. The van der Waals surface area contributed by atoms with Gasteiger partial charge in [-0.15, -0.1) is 0 Å². The summed E-state index contributed by atoms with van der Waals surface area (Å²) in [7, 11) is 0. The number of aliphatic hydroxyl groups is 2. The molecule has 3 unspecified atom stereocenters. The smallest absolute Gasteiger partial charge is 0.306 e. The Labute approximate surface area is 345 Å². The standard InChI is InChI=1S/C50H87NO5/c1-4-7-10-13-16-19-21-22-23-24-25-26-28-31-34-37-40-43-50(55)56-46(41-38-35-32-30-27-20-17-14-11-8-5-2)44-49(54)51-47(45-52)48(53)42-39-36-33-29-18-15-12-9-6-3/h8,11,14,17,20,22-23,27,30,32,35,38,46-48,52-53H,4-7,9-10,12-13,15-16,18-19,21,24-26,28-29,31,33-34,36-37,39-45H2,1-3H3,(H,51,54)/b11-8+,17-14+,23-22+,27-20-,32-30-,38-35+. The number of nitrogens with one attached hydrogen (secondary N) is 1. The van der Waals surface area contributed by atoms with Crippen molar-refractivity contribution >= 4 is 11.9 Å². The highest BCUT2D eigenvalue weighted by atomic mass is 16.5. The highest BCUT2D eigenvalue weighted by molar-refractivity contribution is 5.77. The molecule has 3 atom stereocenters.